The smallest absolute Gasteiger partial charge is 0.422 e. The Kier molecular flexibility index (Phi) is 5.50. The minimum absolute atomic E-state index is 0.314. The lowest BCUT2D eigenvalue weighted by molar-refractivity contribution is -0.142. The van der Waals surface area contributed by atoms with E-state index in [1.54, 1.807) is 0 Å². The van der Waals surface area contributed by atoms with Crippen LogP contribution in [0.3, 0.4) is 0 Å². The maximum Gasteiger partial charge on any atom is 0.422 e. The maximum atomic E-state index is 13.8. The second-order valence-corrected chi connectivity index (χ2v) is 5.00. The Morgan fingerprint density at radius 3 is 2.08 bits per heavy atom. The molecule has 26 heavy (non-hydrogen) atoms. The molecule has 0 spiro atoms. The number of anilines is 1. The molecular weight excluding hydrogens is 369 g/mol. The molecule has 0 saturated carbocycles. The van der Waals surface area contributed by atoms with Gasteiger partial charge < -0.3 is 19.1 Å². The summed E-state index contributed by atoms with van der Waals surface area (Å²) < 4.78 is 79.9. The fraction of sp³-hybridized carbons (Fsp3) is 0.333. The van der Waals surface area contributed by atoms with Crippen molar-refractivity contribution in [3.05, 3.63) is 40.6 Å². The molecule has 11 heteroatoms. The molecule has 0 aromatic heterocycles. The Labute approximate surface area is 143 Å². The van der Waals surface area contributed by atoms with Crippen LogP contribution in [0, 0.1) is 11.6 Å². The lowest BCUT2D eigenvalue weighted by Gasteiger charge is -2.31. The summed E-state index contributed by atoms with van der Waals surface area (Å²) in [4.78, 5) is 24.6. The Morgan fingerprint density at radius 2 is 1.62 bits per heavy atom. The van der Waals surface area contributed by atoms with Gasteiger partial charge in [-0.3, -0.25) is 0 Å². The maximum absolute atomic E-state index is 13.8. The number of hydrogen-bond donors (Lipinski definition) is 0. The molecule has 1 aromatic carbocycles. The third kappa shape index (κ3) is 3.62. The highest BCUT2D eigenvalue weighted by Crippen LogP contribution is 2.37. The van der Waals surface area contributed by atoms with E-state index in [4.69, 9.17) is 4.74 Å². The molecule has 0 saturated heterocycles. The van der Waals surface area contributed by atoms with Gasteiger partial charge >= 0.3 is 18.1 Å². The first-order chi connectivity index (χ1) is 12.1. The van der Waals surface area contributed by atoms with Crippen molar-refractivity contribution in [3.63, 3.8) is 0 Å². The van der Waals surface area contributed by atoms with Crippen molar-refractivity contribution in [1.29, 1.82) is 0 Å². The first kappa shape index (κ1) is 19.6. The number of alkyl halides is 3. The van der Waals surface area contributed by atoms with Crippen molar-refractivity contribution in [2.75, 3.05) is 32.5 Å². The lowest BCUT2D eigenvalue weighted by Crippen LogP contribution is -2.39. The standard InChI is InChI=1S/C15H12F5NO5/c1-24-13(22)8-5-26-6-21(12(8)14(23)25-2)7-3-9(16)11(10(17)4-7)15(18,19)20/h3-4H,5-6H2,1-2H3. The monoisotopic (exact) mass is 381 g/mol. The molecule has 0 aliphatic carbocycles. The van der Waals surface area contributed by atoms with Gasteiger partial charge in [0.2, 0.25) is 0 Å². The molecule has 0 atom stereocenters. The summed E-state index contributed by atoms with van der Waals surface area (Å²) >= 11 is 0. The van der Waals surface area contributed by atoms with Gasteiger partial charge in [0.15, 0.2) is 0 Å². The number of hydrogen-bond acceptors (Lipinski definition) is 6. The normalized spacial score (nSPS) is 15.1. The van der Waals surface area contributed by atoms with Gasteiger partial charge in [-0.2, -0.15) is 13.2 Å². The van der Waals surface area contributed by atoms with Crippen LogP contribution in [0.25, 0.3) is 0 Å². The van der Waals surface area contributed by atoms with E-state index >= 15 is 0 Å². The first-order valence-corrected chi connectivity index (χ1v) is 6.93. The van der Waals surface area contributed by atoms with Crippen LogP contribution in [-0.4, -0.2) is 39.5 Å². The zero-order valence-electron chi connectivity index (χ0n) is 13.4. The van der Waals surface area contributed by atoms with Crippen LogP contribution < -0.4 is 4.90 Å². The lowest BCUT2D eigenvalue weighted by atomic mass is 10.1. The zero-order chi connectivity index (χ0) is 19.6. The fourth-order valence-corrected chi connectivity index (χ4v) is 2.33. The molecule has 0 N–H and O–H groups in total. The van der Waals surface area contributed by atoms with E-state index < -0.39 is 53.4 Å². The van der Waals surface area contributed by atoms with E-state index in [1.807, 2.05) is 0 Å². The third-order valence-corrected chi connectivity index (χ3v) is 3.46. The van der Waals surface area contributed by atoms with Gasteiger partial charge in [-0.1, -0.05) is 0 Å². The van der Waals surface area contributed by atoms with Gasteiger partial charge in [-0.15, -0.1) is 0 Å². The van der Waals surface area contributed by atoms with Crippen LogP contribution >= 0.6 is 0 Å². The van der Waals surface area contributed by atoms with E-state index in [1.165, 1.54) is 0 Å². The zero-order valence-corrected chi connectivity index (χ0v) is 13.4. The third-order valence-electron chi connectivity index (χ3n) is 3.46. The van der Waals surface area contributed by atoms with Crippen molar-refractivity contribution < 1.29 is 45.8 Å². The average molecular weight is 381 g/mol. The number of benzene rings is 1. The second kappa shape index (κ2) is 7.28. The quantitative estimate of drug-likeness (QED) is 0.592. The van der Waals surface area contributed by atoms with Crippen LogP contribution in [0.2, 0.25) is 0 Å². The molecule has 142 valence electrons. The highest BCUT2D eigenvalue weighted by Gasteiger charge is 2.39. The molecule has 0 amide bonds. The Bertz CT molecular complexity index is 751. The molecule has 1 heterocycles. The molecule has 1 aromatic rings. The van der Waals surface area contributed by atoms with Crippen LogP contribution in [0.4, 0.5) is 27.6 Å². The number of esters is 2. The summed E-state index contributed by atoms with van der Waals surface area (Å²) in [6.45, 7) is -0.825. The summed E-state index contributed by atoms with van der Waals surface area (Å²) in [6, 6.07) is 0.747. The van der Waals surface area contributed by atoms with Crippen LogP contribution in [-0.2, 0) is 30.0 Å². The molecule has 1 aliphatic heterocycles. The summed E-state index contributed by atoms with van der Waals surface area (Å²) in [5, 5.41) is 0. The van der Waals surface area contributed by atoms with Gasteiger partial charge in [0.25, 0.3) is 0 Å². The molecule has 0 radical (unpaired) electrons. The number of rotatable bonds is 3. The molecule has 2 rings (SSSR count). The Hall–Kier alpha value is -2.69. The largest absolute Gasteiger partial charge is 0.466 e. The van der Waals surface area contributed by atoms with Crippen molar-refractivity contribution in [2.45, 2.75) is 6.18 Å². The number of carbonyl (C=O) groups is 2. The number of halogens is 5. The number of methoxy groups -OCH3 is 2. The number of nitrogens with zero attached hydrogens (tertiary/aromatic N) is 1. The highest BCUT2D eigenvalue weighted by atomic mass is 19.4. The van der Waals surface area contributed by atoms with Crippen LogP contribution in [0.5, 0.6) is 0 Å². The molecule has 6 nitrogen and oxygen atoms in total. The van der Waals surface area contributed by atoms with E-state index in [0.717, 1.165) is 19.1 Å². The van der Waals surface area contributed by atoms with E-state index in [2.05, 4.69) is 9.47 Å². The van der Waals surface area contributed by atoms with Crippen molar-refractivity contribution in [1.82, 2.24) is 0 Å². The van der Waals surface area contributed by atoms with Crippen molar-refractivity contribution in [2.24, 2.45) is 0 Å². The molecular formula is C15H12F5NO5. The first-order valence-electron chi connectivity index (χ1n) is 6.93. The van der Waals surface area contributed by atoms with Crippen molar-refractivity contribution in [3.8, 4) is 0 Å². The number of carbonyl (C=O) groups excluding carboxylic acids is 2. The molecule has 0 unspecified atom stereocenters. The predicted octanol–water partition coefficient (Wildman–Crippen LogP) is 2.38. The molecule has 0 bridgehead atoms. The summed E-state index contributed by atoms with van der Waals surface area (Å²) in [5.74, 6) is -5.80. The Morgan fingerprint density at radius 1 is 1.08 bits per heavy atom. The van der Waals surface area contributed by atoms with Crippen LogP contribution in [0.1, 0.15) is 5.56 Å². The Balaban J connectivity index is 2.62. The summed E-state index contributed by atoms with van der Waals surface area (Å²) in [5.41, 5.74) is -3.32. The summed E-state index contributed by atoms with van der Waals surface area (Å²) in [6.07, 6.45) is -5.25. The minimum Gasteiger partial charge on any atom is -0.466 e. The SMILES string of the molecule is COC(=O)C1=C(C(=O)OC)N(c2cc(F)c(C(F)(F)F)c(F)c2)COC1. The van der Waals surface area contributed by atoms with E-state index in [9.17, 15) is 31.5 Å². The van der Waals surface area contributed by atoms with Crippen LogP contribution in [0.15, 0.2) is 23.4 Å². The summed E-state index contributed by atoms with van der Waals surface area (Å²) in [7, 11) is 2.02. The van der Waals surface area contributed by atoms with Gasteiger partial charge in [0.05, 0.1) is 26.4 Å². The minimum atomic E-state index is -5.25. The van der Waals surface area contributed by atoms with E-state index in [0.29, 0.717) is 12.1 Å². The van der Waals surface area contributed by atoms with Gasteiger partial charge in [-0.05, 0) is 12.1 Å². The van der Waals surface area contributed by atoms with E-state index in [-0.39, 0.29) is 12.2 Å². The highest BCUT2D eigenvalue weighted by molar-refractivity contribution is 6.03. The topological polar surface area (TPSA) is 65.1 Å². The predicted molar refractivity (Wildman–Crippen MR) is 75.7 cm³/mol. The second-order valence-electron chi connectivity index (χ2n) is 5.00. The number of ether oxygens (including phenoxy) is 3. The van der Waals surface area contributed by atoms with Gasteiger partial charge in [-0.25, -0.2) is 18.4 Å². The van der Waals surface area contributed by atoms with Gasteiger partial charge in [0, 0.05) is 5.69 Å². The van der Waals surface area contributed by atoms with Crippen molar-refractivity contribution >= 4 is 17.6 Å². The molecule has 0 fully saturated rings. The fourth-order valence-electron chi connectivity index (χ4n) is 2.33. The average Bonchev–Trinajstić information content (AvgIpc) is 2.57. The van der Waals surface area contributed by atoms with Gasteiger partial charge in [0.1, 0.15) is 29.6 Å². The molecule has 1 aliphatic rings.